The molecule has 1 fully saturated rings. The van der Waals surface area contributed by atoms with Crippen LogP contribution in [-0.2, 0) is 16.1 Å². The van der Waals surface area contributed by atoms with Crippen molar-refractivity contribution < 1.29 is 23.5 Å². The lowest BCUT2D eigenvalue weighted by Crippen LogP contribution is -2.34. The second kappa shape index (κ2) is 11.9. The van der Waals surface area contributed by atoms with Crippen molar-refractivity contribution in [2.75, 3.05) is 29.9 Å². The molecular formula is C30H32FN3O4. The molecule has 7 nitrogen and oxygen atoms in total. The van der Waals surface area contributed by atoms with Gasteiger partial charge in [0.2, 0.25) is 5.91 Å². The number of hydrogen-bond donors (Lipinski definition) is 1. The van der Waals surface area contributed by atoms with E-state index in [-0.39, 0.29) is 37.6 Å². The van der Waals surface area contributed by atoms with Crippen LogP contribution in [0, 0.1) is 19.7 Å². The number of cyclic esters (lactones) is 1. The number of amides is 2. The molecule has 1 aliphatic heterocycles. The van der Waals surface area contributed by atoms with Gasteiger partial charge in [-0.1, -0.05) is 54.1 Å². The number of rotatable bonds is 10. The molecule has 0 aromatic heterocycles. The maximum atomic E-state index is 14.9. The molecule has 1 heterocycles. The maximum Gasteiger partial charge on any atom is 0.414 e. The Kier molecular flexibility index (Phi) is 8.41. The zero-order chi connectivity index (χ0) is 27.2. The quantitative estimate of drug-likeness (QED) is 0.375. The number of carbonyl (C=O) groups excluding carboxylic acids is 3. The molecule has 1 aliphatic rings. The van der Waals surface area contributed by atoms with Gasteiger partial charge < -0.3 is 15.0 Å². The van der Waals surface area contributed by atoms with Crippen LogP contribution in [0.5, 0.6) is 0 Å². The Labute approximate surface area is 222 Å². The topological polar surface area (TPSA) is 79.0 Å². The summed E-state index contributed by atoms with van der Waals surface area (Å²) in [6.07, 6.45) is -1.04. The lowest BCUT2D eigenvalue weighted by Gasteiger charge is -2.21. The van der Waals surface area contributed by atoms with Gasteiger partial charge in [-0.05, 0) is 43.2 Å². The van der Waals surface area contributed by atoms with Crippen molar-refractivity contribution in [1.29, 1.82) is 0 Å². The highest BCUT2D eigenvalue weighted by atomic mass is 19.1. The highest BCUT2D eigenvalue weighted by Crippen LogP contribution is 2.28. The third kappa shape index (κ3) is 6.56. The standard InChI is InChI=1S/C30H32FN3O4/c1-20-9-11-25(21(2)15-20)28(35)13-14-29(36)32-17-24-19-34(30(37)38-24)23-10-12-27(26(31)16-23)33(3)18-22-7-5-4-6-8-22/h4-12,15-16,24H,13-14,17-19H2,1-3H3,(H,32,36). The molecule has 3 aromatic rings. The lowest BCUT2D eigenvalue weighted by atomic mass is 9.99. The minimum atomic E-state index is -0.598. The smallest absolute Gasteiger partial charge is 0.414 e. The van der Waals surface area contributed by atoms with Gasteiger partial charge in [-0.15, -0.1) is 0 Å². The normalized spacial score (nSPS) is 14.8. The predicted octanol–water partition coefficient (Wildman–Crippen LogP) is 5.18. The van der Waals surface area contributed by atoms with E-state index < -0.39 is 18.0 Å². The fourth-order valence-corrected chi connectivity index (χ4v) is 4.56. The zero-order valence-corrected chi connectivity index (χ0v) is 21.9. The summed E-state index contributed by atoms with van der Waals surface area (Å²) in [4.78, 5) is 40.4. The summed E-state index contributed by atoms with van der Waals surface area (Å²) >= 11 is 0. The number of halogens is 1. The molecule has 4 rings (SSSR count). The molecule has 1 atom stereocenters. The van der Waals surface area contributed by atoms with E-state index in [1.807, 2.05) is 63.4 Å². The third-order valence-electron chi connectivity index (χ3n) is 6.58. The van der Waals surface area contributed by atoms with E-state index in [0.29, 0.717) is 23.5 Å². The fourth-order valence-electron chi connectivity index (χ4n) is 4.56. The Morgan fingerprint density at radius 3 is 2.53 bits per heavy atom. The van der Waals surface area contributed by atoms with E-state index in [1.165, 1.54) is 11.0 Å². The highest BCUT2D eigenvalue weighted by Gasteiger charge is 2.33. The van der Waals surface area contributed by atoms with Crippen molar-refractivity contribution in [2.45, 2.75) is 39.3 Å². The van der Waals surface area contributed by atoms with Gasteiger partial charge in [-0.3, -0.25) is 14.5 Å². The Balaban J connectivity index is 1.27. The predicted molar refractivity (Wildman–Crippen MR) is 145 cm³/mol. The maximum absolute atomic E-state index is 14.9. The molecule has 1 unspecified atom stereocenters. The van der Waals surface area contributed by atoms with E-state index in [9.17, 15) is 18.8 Å². The second-order valence-electron chi connectivity index (χ2n) is 9.64. The van der Waals surface area contributed by atoms with Gasteiger partial charge in [-0.2, -0.15) is 0 Å². The Morgan fingerprint density at radius 1 is 1.05 bits per heavy atom. The lowest BCUT2D eigenvalue weighted by molar-refractivity contribution is -0.121. The van der Waals surface area contributed by atoms with Crippen LogP contribution in [0.15, 0.2) is 66.7 Å². The highest BCUT2D eigenvalue weighted by molar-refractivity contribution is 5.99. The van der Waals surface area contributed by atoms with E-state index in [2.05, 4.69) is 5.32 Å². The number of aryl methyl sites for hydroxylation is 2. The second-order valence-corrected chi connectivity index (χ2v) is 9.64. The number of ketones is 1. The van der Waals surface area contributed by atoms with Gasteiger partial charge in [0.25, 0.3) is 0 Å². The summed E-state index contributed by atoms with van der Waals surface area (Å²) in [7, 11) is 1.81. The summed E-state index contributed by atoms with van der Waals surface area (Å²) in [6, 6.07) is 20.0. The first-order valence-corrected chi connectivity index (χ1v) is 12.6. The first-order chi connectivity index (χ1) is 18.2. The van der Waals surface area contributed by atoms with Crippen LogP contribution in [0.3, 0.4) is 0 Å². The summed E-state index contributed by atoms with van der Waals surface area (Å²) < 4.78 is 20.3. The Hall–Kier alpha value is -4.20. The van der Waals surface area contributed by atoms with Crippen molar-refractivity contribution in [1.82, 2.24) is 5.32 Å². The molecular weight excluding hydrogens is 485 g/mol. The van der Waals surface area contributed by atoms with Gasteiger partial charge >= 0.3 is 6.09 Å². The number of hydrogen-bond acceptors (Lipinski definition) is 5. The molecule has 38 heavy (non-hydrogen) atoms. The minimum absolute atomic E-state index is 0.0414. The van der Waals surface area contributed by atoms with Crippen LogP contribution in [0.25, 0.3) is 0 Å². The van der Waals surface area contributed by atoms with Crippen LogP contribution < -0.4 is 15.1 Å². The van der Waals surface area contributed by atoms with Gasteiger partial charge in [0.05, 0.1) is 24.5 Å². The number of Topliss-reactive ketones (excluding diaryl/α,β-unsaturated/α-hetero) is 1. The number of nitrogens with one attached hydrogen (secondary N) is 1. The van der Waals surface area contributed by atoms with E-state index >= 15 is 0 Å². The average molecular weight is 518 g/mol. The molecule has 0 spiro atoms. The van der Waals surface area contributed by atoms with Crippen molar-refractivity contribution in [3.05, 3.63) is 94.8 Å². The molecule has 3 aromatic carbocycles. The van der Waals surface area contributed by atoms with E-state index in [0.717, 1.165) is 16.7 Å². The molecule has 0 radical (unpaired) electrons. The van der Waals surface area contributed by atoms with Crippen molar-refractivity contribution >= 4 is 29.2 Å². The number of carbonyl (C=O) groups is 3. The van der Waals surface area contributed by atoms with Gasteiger partial charge in [0.1, 0.15) is 11.9 Å². The Bertz CT molecular complexity index is 1330. The molecule has 2 amide bonds. The van der Waals surface area contributed by atoms with Crippen LogP contribution in [0.2, 0.25) is 0 Å². The summed E-state index contributed by atoms with van der Waals surface area (Å²) in [6.45, 7) is 4.67. The van der Waals surface area contributed by atoms with Crippen molar-refractivity contribution in [3.63, 3.8) is 0 Å². The number of anilines is 2. The van der Waals surface area contributed by atoms with Crippen LogP contribution >= 0.6 is 0 Å². The van der Waals surface area contributed by atoms with Crippen LogP contribution in [-0.4, -0.2) is 44.0 Å². The van der Waals surface area contributed by atoms with E-state index in [1.54, 1.807) is 23.1 Å². The number of ether oxygens (including phenoxy) is 1. The summed E-state index contributed by atoms with van der Waals surface area (Å²) in [5.41, 5.74) is 4.45. The van der Waals surface area contributed by atoms with E-state index in [4.69, 9.17) is 4.74 Å². The SMILES string of the molecule is Cc1ccc(C(=O)CCC(=O)NCC2CN(c3ccc(N(C)Cc4ccccc4)c(F)c3)C(=O)O2)c(C)c1. The van der Waals surface area contributed by atoms with Crippen molar-refractivity contribution in [3.8, 4) is 0 Å². The molecule has 1 N–H and O–H groups in total. The molecule has 0 aliphatic carbocycles. The largest absolute Gasteiger partial charge is 0.442 e. The van der Waals surface area contributed by atoms with Crippen LogP contribution in [0.1, 0.15) is 39.9 Å². The molecule has 198 valence electrons. The molecule has 0 saturated carbocycles. The zero-order valence-electron chi connectivity index (χ0n) is 21.9. The average Bonchev–Trinajstić information content (AvgIpc) is 3.26. The molecule has 0 bridgehead atoms. The van der Waals surface area contributed by atoms with Crippen LogP contribution in [0.4, 0.5) is 20.6 Å². The molecule has 8 heteroatoms. The fraction of sp³-hybridized carbons (Fsp3) is 0.300. The van der Waals surface area contributed by atoms with Crippen molar-refractivity contribution in [2.24, 2.45) is 0 Å². The first-order valence-electron chi connectivity index (χ1n) is 12.6. The molecule has 1 saturated heterocycles. The third-order valence-corrected chi connectivity index (χ3v) is 6.58. The first kappa shape index (κ1) is 26.9. The minimum Gasteiger partial charge on any atom is -0.442 e. The Morgan fingerprint density at radius 2 is 1.82 bits per heavy atom. The monoisotopic (exact) mass is 517 g/mol. The van der Waals surface area contributed by atoms with Gasteiger partial charge in [0, 0.05) is 32.0 Å². The number of benzene rings is 3. The number of nitrogens with zero attached hydrogens (tertiary/aromatic N) is 2. The summed E-state index contributed by atoms with van der Waals surface area (Å²) in [5.74, 6) is -0.829. The summed E-state index contributed by atoms with van der Waals surface area (Å²) in [5, 5.41) is 2.73. The van der Waals surface area contributed by atoms with Gasteiger partial charge in [-0.25, -0.2) is 9.18 Å². The van der Waals surface area contributed by atoms with Gasteiger partial charge in [0.15, 0.2) is 5.78 Å².